The Labute approximate surface area is 398 Å². The summed E-state index contributed by atoms with van der Waals surface area (Å²) in [6, 6.07) is 95.2. The van der Waals surface area contributed by atoms with Crippen molar-refractivity contribution in [3.8, 4) is 100 Å². The van der Waals surface area contributed by atoms with E-state index in [1.807, 2.05) is 12.4 Å². The molecule has 68 heavy (non-hydrogen) atoms. The molecule has 0 fully saturated rings. The molecular weight excluding hydrogens is 819 g/mol. The topological polar surface area (TPSA) is 12.9 Å². The van der Waals surface area contributed by atoms with Gasteiger partial charge in [0.15, 0.2) is 0 Å². The van der Waals surface area contributed by atoms with Crippen LogP contribution in [0.4, 0.5) is 0 Å². The maximum atomic E-state index is 4.26. The van der Waals surface area contributed by atoms with Gasteiger partial charge in [-0.1, -0.05) is 231 Å². The van der Waals surface area contributed by atoms with Crippen molar-refractivity contribution in [3.05, 3.63) is 273 Å². The van der Waals surface area contributed by atoms with Crippen molar-refractivity contribution in [1.82, 2.24) is 4.98 Å². The van der Waals surface area contributed by atoms with E-state index < -0.39 is 0 Å². The molecule has 0 aliphatic heterocycles. The average molecular weight is 864 g/mol. The minimum Gasteiger partial charge on any atom is -0.265 e. The molecule has 12 rings (SSSR count). The van der Waals surface area contributed by atoms with Crippen LogP contribution in [0.25, 0.3) is 122 Å². The van der Waals surface area contributed by atoms with Crippen molar-refractivity contribution >= 4 is 21.5 Å². The fraction of sp³-hybridized carbons (Fsp3) is 0. The number of fused-ring (bicyclic) bond motifs is 2. The van der Waals surface area contributed by atoms with E-state index in [1.54, 1.807) is 0 Å². The van der Waals surface area contributed by atoms with Gasteiger partial charge in [-0.05, 0) is 152 Å². The predicted molar refractivity (Wildman–Crippen MR) is 288 cm³/mol. The van der Waals surface area contributed by atoms with Crippen LogP contribution < -0.4 is 0 Å². The van der Waals surface area contributed by atoms with Crippen molar-refractivity contribution in [3.63, 3.8) is 0 Å². The van der Waals surface area contributed by atoms with E-state index in [0.717, 1.165) is 5.56 Å². The first-order valence-corrected chi connectivity index (χ1v) is 23.3. The molecule has 0 bridgehead atoms. The van der Waals surface area contributed by atoms with E-state index in [9.17, 15) is 0 Å². The van der Waals surface area contributed by atoms with Gasteiger partial charge in [0.1, 0.15) is 0 Å². The van der Waals surface area contributed by atoms with E-state index in [4.69, 9.17) is 0 Å². The van der Waals surface area contributed by atoms with Crippen LogP contribution in [0.3, 0.4) is 0 Å². The Balaban J connectivity index is 1.02. The SMILES string of the molecule is c1ccc(-c2cc(-c3cccc(-c4ccc(-c5c6ccccc6c(-c6cccc(-c7ccncc7)c6)c6ccccc56)cc4)c3)c(-c3ccccc3)c(-c3ccccc3)c2-c2ccccc2)cc1. The number of hydrogen-bond donors (Lipinski definition) is 0. The lowest BCUT2D eigenvalue weighted by Gasteiger charge is -2.24. The Morgan fingerprint density at radius 1 is 0.176 bits per heavy atom. The van der Waals surface area contributed by atoms with Gasteiger partial charge in [0, 0.05) is 12.4 Å². The minimum atomic E-state index is 1.16. The second-order valence-corrected chi connectivity index (χ2v) is 17.4. The third kappa shape index (κ3) is 7.47. The largest absolute Gasteiger partial charge is 0.265 e. The lowest BCUT2D eigenvalue weighted by Crippen LogP contribution is -1.98. The van der Waals surface area contributed by atoms with Gasteiger partial charge in [0.2, 0.25) is 0 Å². The number of aromatic nitrogens is 1. The molecule has 1 aromatic heterocycles. The van der Waals surface area contributed by atoms with Gasteiger partial charge in [-0.3, -0.25) is 4.98 Å². The molecule has 0 atom stereocenters. The zero-order chi connectivity index (χ0) is 45.2. The summed E-state index contributed by atoms with van der Waals surface area (Å²) in [5.41, 5.74) is 21.5. The lowest BCUT2D eigenvalue weighted by atomic mass is 9.78. The summed E-state index contributed by atoms with van der Waals surface area (Å²) in [7, 11) is 0. The number of benzene rings is 11. The van der Waals surface area contributed by atoms with Crippen molar-refractivity contribution in [2.45, 2.75) is 0 Å². The molecule has 0 saturated heterocycles. The molecule has 0 saturated carbocycles. The highest BCUT2D eigenvalue weighted by Gasteiger charge is 2.24. The Morgan fingerprint density at radius 3 is 1.00 bits per heavy atom. The molecule has 0 amide bonds. The Morgan fingerprint density at radius 2 is 0.500 bits per heavy atom. The van der Waals surface area contributed by atoms with Gasteiger partial charge in [0.05, 0.1) is 0 Å². The highest BCUT2D eigenvalue weighted by molar-refractivity contribution is 6.21. The summed E-state index contributed by atoms with van der Waals surface area (Å²) in [4.78, 5) is 4.26. The van der Waals surface area contributed by atoms with Crippen molar-refractivity contribution in [2.75, 3.05) is 0 Å². The number of hydrogen-bond acceptors (Lipinski definition) is 1. The zero-order valence-electron chi connectivity index (χ0n) is 37.4. The molecular formula is C67H45N. The maximum Gasteiger partial charge on any atom is 0.0273 e. The number of pyridine rings is 1. The molecule has 0 aliphatic carbocycles. The molecule has 11 aromatic carbocycles. The van der Waals surface area contributed by atoms with Gasteiger partial charge in [0.25, 0.3) is 0 Å². The molecule has 1 heterocycles. The number of nitrogens with zero attached hydrogens (tertiary/aromatic N) is 1. The van der Waals surface area contributed by atoms with Crippen LogP contribution in [-0.4, -0.2) is 4.98 Å². The van der Waals surface area contributed by atoms with Gasteiger partial charge >= 0.3 is 0 Å². The zero-order valence-corrected chi connectivity index (χ0v) is 37.4. The standard InChI is InChI=1S/C67H45N/c1-5-19-48(20-6-1)61-45-62(66(50-23-9-3-10-24-50)67(51-25-11-4-12-26-51)65(61)49-21-7-2-8-22-49)55-29-17-27-53(43-55)46-35-37-52(38-36-46)63-57-31-13-15-33-59(57)64(60-34-16-14-32-58(60)63)56-30-18-28-54(44-56)47-39-41-68-42-40-47/h1-45H. The molecule has 0 aliphatic rings. The fourth-order valence-corrected chi connectivity index (χ4v) is 10.3. The van der Waals surface area contributed by atoms with Gasteiger partial charge in [-0.25, -0.2) is 0 Å². The van der Waals surface area contributed by atoms with Crippen LogP contribution in [0.15, 0.2) is 273 Å². The van der Waals surface area contributed by atoms with E-state index in [-0.39, 0.29) is 0 Å². The highest BCUT2D eigenvalue weighted by atomic mass is 14.6. The Bertz CT molecular complexity index is 3670. The summed E-state index contributed by atoms with van der Waals surface area (Å²) in [5.74, 6) is 0. The average Bonchev–Trinajstić information content (AvgIpc) is 3.43. The van der Waals surface area contributed by atoms with Crippen molar-refractivity contribution < 1.29 is 0 Å². The molecule has 0 spiro atoms. The molecule has 0 radical (unpaired) electrons. The van der Waals surface area contributed by atoms with Crippen LogP contribution in [0.1, 0.15) is 0 Å². The normalized spacial score (nSPS) is 11.2. The molecule has 12 aromatic rings. The van der Waals surface area contributed by atoms with E-state index in [0.29, 0.717) is 0 Å². The first-order chi connectivity index (χ1) is 33.8. The van der Waals surface area contributed by atoms with Crippen LogP contribution >= 0.6 is 0 Å². The molecule has 0 unspecified atom stereocenters. The van der Waals surface area contributed by atoms with E-state index in [2.05, 4.69) is 266 Å². The summed E-state index contributed by atoms with van der Waals surface area (Å²) in [6.07, 6.45) is 3.72. The predicted octanol–water partition coefficient (Wildman–Crippen LogP) is 18.4. The Kier molecular flexibility index (Phi) is 10.6. The lowest BCUT2D eigenvalue weighted by molar-refractivity contribution is 1.33. The number of rotatable bonds is 9. The summed E-state index contributed by atoms with van der Waals surface area (Å²) < 4.78 is 0. The summed E-state index contributed by atoms with van der Waals surface area (Å²) >= 11 is 0. The monoisotopic (exact) mass is 863 g/mol. The van der Waals surface area contributed by atoms with Crippen LogP contribution in [0.5, 0.6) is 0 Å². The smallest absolute Gasteiger partial charge is 0.0273 e. The summed E-state index contributed by atoms with van der Waals surface area (Å²) in [6.45, 7) is 0. The quantitative estimate of drug-likeness (QED) is 0.132. The first kappa shape index (κ1) is 40.6. The minimum absolute atomic E-state index is 1.16. The molecule has 1 nitrogen and oxygen atoms in total. The molecule has 318 valence electrons. The van der Waals surface area contributed by atoms with Gasteiger partial charge < -0.3 is 0 Å². The maximum absolute atomic E-state index is 4.26. The fourth-order valence-electron chi connectivity index (χ4n) is 10.3. The highest BCUT2D eigenvalue weighted by Crippen LogP contribution is 2.51. The van der Waals surface area contributed by atoms with Crippen LogP contribution in [0.2, 0.25) is 0 Å². The summed E-state index contributed by atoms with van der Waals surface area (Å²) in [5, 5.41) is 4.95. The third-order valence-electron chi connectivity index (χ3n) is 13.4. The second kappa shape index (κ2) is 17.8. The second-order valence-electron chi connectivity index (χ2n) is 17.4. The van der Waals surface area contributed by atoms with Crippen LogP contribution in [0, 0.1) is 0 Å². The van der Waals surface area contributed by atoms with Crippen molar-refractivity contribution in [2.24, 2.45) is 0 Å². The van der Waals surface area contributed by atoms with Gasteiger partial charge in [-0.2, -0.15) is 0 Å². The van der Waals surface area contributed by atoms with Gasteiger partial charge in [-0.15, -0.1) is 0 Å². The van der Waals surface area contributed by atoms with Crippen LogP contribution in [-0.2, 0) is 0 Å². The third-order valence-corrected chi connectivity index (χ3v) is 13.4. The first-order valence-electron chi connectivity index (χ1n) is 23.3. The van der Waals surface area contributed by atoms with E-state index in [1.165, 1.54) is 116 Å². The Hall–Kier alpha value is -8.91. The molecule has 0 N–H and O–H groups in total. The van der Waals surface area contributed by atoms with Crippen molar-refractivity contribution in [1.29, 1.82) is 0 Å². The van der Waals surface area contributed by atoms with E-state index >= 15 is 0 Å². The molecule has 1 heteroatoms.